The van der Waals surface area contributed by atoms with Crippen molar-refractivity contribution in [2.75, 3.05) is 0 Å². The second-order valence-corrected chi connectivity index (χ2v) is 3.68. The predicted octanol–water partition coefficient (Wildman–Crippen LogP) is 2.73. The van der Waals surface area contributed by atoms with Crippen LogP contribution in [0.2, 0.25) is 5.02 Å². The standard InChI is InChI=1S/C11H15ClN2/c1-3-4-11(14-13)10-6-5-9(12)7-8(10)2/h3,5-7,11,14H,1,4,13H2,2H3. The Kier molecular flexibility index (Phi) is 4.14. The monoisotopic (exact) mass is 210 g/mol. The number of hydrogen-bond acceptors (Lipinski definition) is 2. The number of rotatable bonds is 4. The van der Waals surface area contributed by atoms with Gasteiger partial charge in [-0.1, -0.05) is 23.7 Å². The molecule has 0 aliphatic rings. The Morgan fingerprint density at radius 1 is 1.64 bits per heavy atom. The maximum absolute atomic E-state index is 5.87. The Labute approximate surface area is 89.7 Å². The molecule has 0 saturated heterocycles. The lowest BCUT2D eigenvalue weighted by Gasteiger charge is -2.16. The number of nitrogens with two attached hydrogens (primary N) is 1. The van der Waals surface area contributed by atoms with Crippen LogP contribution in [0.15, 0.2) is 30.9 Å². The molecule has 0 spiro atoms. The van der Waals surface area contributed by atoms with Gasteiger partial charge < -0.3 is 0 Å². The molecule has 0 bridgehead atoms. The summed E-state index contributed by atoms with van der Waals surface area (Å²) in [5.41, 5.74) is 5.07. The van der Waals surface area contributed by atoms with Crippen molar-refractivity contribution >= 4 is 11.6 Å². The molecule has 1 unspecified atom stereocenters. The van der Waals surface area contributed by atoms with Gasteiger partial charge in [0.2, 0.25) is 0 Å². The smallest absolute Gasteiger partial charge is 0.0496 e. The van der Waals surface area contributed by atoms with Crippen LogP contribution < -0.4 is 11.3 Å². The third kappa shape index (κ3) is 2.58. The van der Waals surface area contributed by atoms with Gasteiger partial charge in [0, 0.05) is 11.1 Å². The summed E-state index contributed by atoms with van der Waals surface area (Å²) in [6.45, 7) is 5.72. The van der Waals surface area contributed by atoms with Gasteiger partial charge in [-0.2, -0.15) is 0 Å². The van der Waals surface area contributed by atoms with E-state index in [1.165, 1.54) is 0 Å². The number of hydrogen-bond donors (Lipinski definition) is 2. The second kappa shape index (κ2) is 5.15. The third-order valence-corrected chi connectivity index (χ3v) is 2.45. The van der Waals surface area contributed by atoms with E-state index < -0.39 is 0 Å². The summed E-state index contributed by atoms with van der Waals surface area (Å²) in [6.07, 6.45) is 2.65. The molecule has 2 nitrogen and oxygen atoms in total. The minimum Gasteiger partial charge on any atom is -0.271 e. The molecule has 3 N–H and O–H groups in total. The van der Waals surface area contributed by atoms with Crippen molar-refractivity contribution in [2.45, 2.75) is 19.4 Å². The summed E-state index contributed by atoms with van der Waals surface area (Å²) in [6, 6.07) is 5.91. The third-order valence-electron chi connectivity index (χ3n) is 2.21. The molecule has 0 saturated carbocycles. The highest BCUT2D eigenvalue weighted by Gasteiger charge is 2.10. The van der Waals surface area contributed by atoms with E-state index in [0.29, 0.717) is 0 Å². The minimum atomic E-state index is 0.116. The van der Waals surface area contributed by atoms with Crippen molar-refractivity contribution < 1.29 is 0 Å². The summed E-state index contributed by atoms with van der Waals surface area (Å²) < 4.78 is 0. The van der Waals surface area contributed by atoms with Crippen LogP contribution in [0.5, 0.6) is 0 Å². The highest BCUT2D eigenvalue weighted by Crippen LogP contribution is 2.23. The van der Waals surface area contributed by atoms with Gasteiger partial charge in [0.05, 0.1) is 0 Å². The van der Waals surface area contributed by atoms with Gasteiger partial charge in [0.15, 0.2) is 0 Å². The molecule has 3 heteroatoms. The summed E-state index contributed by atoms with van der Waals surface area (Å²) >= 11 is 5.87. The molecule has 1 aromatic rings. The van der Waals surface area contributed by atoms with Crippen LogP contribution >= 0.6 is 11.6 Å². The Balaban J connectivity index is 2.97. The fourth-order valence-corrected chi connectivity index (χ4v) is 1.71. The summed E-state index contributed by atoms with van der Waals surface area (Å²) in [7, 11) is 0. The fourth-order valence-electron chi connectivity index (χ4n) is 1.48. The number of nitrogens with one attached hydrogen (secondary N) is 1. The van der Waals surface area contributed by atoms with E-state index in [1.54, 1.807) is 0 Å². The first kappa shape index (κ1) is 11.2. The predicted molar refractivity (Wildman–Crippen MR) is 61.1 cm³/mol. The molecular formula is C11H15ClN2. The molecule has 0 radical (unpaired) electrons. The first-order valence-corrected chi connectivity index (χ1v) is 4.90. The molecule has 0 amide bonds. The average Bonchev–Trinajstić information content (AvgIpc) is 2.15. The van der Waals surface area contributed by atoms with Gasteiger partial charge >= 0.3 is 0 Å². The zero-order chi connectivity index (χ0) is 10.6. The van der Waals surface area contributed by atoms with E-state index in [1.807, 2.05) is 31.2 Å². The molecule has 76 valence electrons. The first-order chi connectivity index (χ1) is 6.69. The van der Waals surface area contributed by atoms with Gasteiger partial charge in [-0.15, -0.1) is 6.58 Å². The minimum absolute atomic E-state index is 0.116. The maximum Gasteiger partial charge on any atom is 0.0496 e. The van der Waals surface area contributed by atoms with E-state index in [-0.39, 0.29) is 6.04 Å². The molecule has 14 heavy (non-hydrogen) atoms. The Morgan fingerprint density at radius 3 is 2.86 bits per heavy atom. The van der Waals surface area contributed by atoms with Crippen molar-refractivity contribution in [1.82, 2.24) is 5.43 Å². The van der Waals surface area contributed by atoms with Crippen LogP contribution in [0.1, 0.15) is 23.6 Å². The second-order valence-electron chi connectivity index (χ2n) is 3.24. The van der Waals surface area contributed by atoms with Gasteiger partial charge in [0.25, 0.3) is 0 Å². The zero-order valence-corrected chi connectivity index (χ0v) is 9.01. The van der Waals surface area contributed by atoms with Crippen LogP contribution in [-0.4, -0.2) is 0 Å². The van der Waals surface area contributed by atoms with Crippen molar-refractivity contribution in [1.29, 1.82) is 0 Å². The molecule has 1 aromatic carbocycles. The zero-order valence-electron chi connectivity index (χ0n) is 8.26. The van der Waals surface area contributed by atoms with Gasteiger partial charge in [-0.25, -0.2) is 0 Å². The van der Waals surface area contributed by atoms with Gasteiger partial charge in [-0.3, -0.25) is 11.3 Å². The van der Waals surface area contributed by atoms with Crippen LogP contribution in [0.3, 0.4) is 0 Å². The Bertz CT molecular complexity index is 323. The van der Waals surface area contributed by atoms with Crippen molar-refractivity contribution in [2.24, 2.45) is 5.84 Å². The summed E-state index contributed by atoms with van der Waals surface area (Å²) in [5, 5.41) is 0.751. The van der Waals surface area contributed by atoms with Crippen molar-refractivity contribution in [3.63, 3.8) is 0 Å². The number of hydrazine groups is 1. The lowest BCUT2D eigenvalue weighted by Crippen LogP contribution is -2.28. The van der Waals surface area contributed by atoms with Crippen molar-refractivity contribution in [3.05, 3.63) is 47.0 Å². The van der Waals surface area contributed by atoms with Crippen LogP contribution in [-0.2, 0) is 0 Å². The van der Waals surface area contributed by atoms with E-state index in [9.17, 15) is 0 Å². The molecule has 0 heterocycles. The lowest BCUT2D eigenvalue weighted by atomic mass is 9.99. The van der Waals surface area contributed by atoms with E-state index in [4.69, 9.17) is 17.4 Å². The molecule has 1 atom stereocenters. The fraction of sp³-hybridized carbons (Fsp3) is 0.273. The number of aryl methyl sites for hydroxylation is 1. The molecule has 0 fully saturated rings. The Hall–Kier alpha value is -0.830. The number of halogens is 1. The highest BCUT2D eigenvalue weighted by atomic mass is 35.5. The molecule has 0 aromatic heterocycles. The maximum atomic E-state index is 5.87. The molecule has 0 aliphatic carbocycles. The van der Waals surface area contributed by atoms with Crippen molar-refractivity contribution in [3.8, 4) is 0 Å². The van der Waals surface area contributed by atoms with Crippen LogP contribution in [0.4, 0.5) is 0 Å². The van der Waals surface area contributed by atoms with Gasteiger partial charge in [0.1, 0.15) is 0 Å². The molecule has 1 rings (SSSR count). The normalized spacial score (nSPS) is 12.5. The SMILES string of the molecule is C=CCC(NN)c1ccc(Cl)cc1C. The first-order valence-electron chi connectivity index (χ1n) is 4.52. The average molecular weight is 211 g/mol. The van der Waals surface area contributed by atoms with E-state index in [2.05, 4.69) is 12.0 Å². The number of benzene rings is 1. The Morgan fingerprint density at radius 2 is 2.36 bits per heavy atom. The lowest BCUT2D eigenvalue weighted by molar-refractivity contribution is 0.559. The summed E-state index contributed by atoms with van der Waals surface area (Å²) in [4.78, 5) is 0. The highest BCUT2D eigenvalue weighted by molar-refractivity contribution is 6.30. The van der Waals surface area contributed by atoms with Crippen LogP contribution in [0.25, 0.3) is 0 Å². The van der Waals surface area contributed by atoms with Gasteiger partial charge in [-0.05, 0) is 36.6 Å². The van der Waals surface area contributed by atoms with Crippen LogP contribution in [0, 0.1) is 6.92 Å². The van der Waals surface area contributed by atoms with E-state index in [0.717, 1.165) is 22.6 Å². The molecular weight excluding hydrogens is 196 g/mol. The van der Waals surface area contributed by atoms with E-state index >= 15 is 0 Å². The topological polar surface area (TPSA) is 38.0 Å². The quantitative estimate of drug-likeness (QED) is 0.456. The summed E-state index contributed by atoms with van der Waals surface area (Å²) in [5.74, 6) is 5.47. The molecule has 0 aliphatic heterocycles. The largest absolute Gasteiger partial charge is 0.271 e.